The molecule has 11 atom stereocenters. The number of methoxy groups -OCH3 is 3. The lowest BCUT2D eigenvalue weighted by Gasteiger charge is -2.41. The molecule has 0 aliphatic carbocycles. The maximum atomic E-state index is 14.4. The predicted molar refractivity (Wildman–Crippen MR) is 206 cm³/mol. The molecular weight excluding hydrogens is 716 g/mol. The van der Waals surface area contributed by atoms with E-state index in [4.69, 9.17) is 14.2 Å². The van der Waals surface area contributed by atoms with Gasteiger partial charge in [-0.05, 0) is 50.3 Å². The summed E-state index contributed by atoms with van der Waals surface area (Å²) in [4.78, 5) is 57.9. The first-order valence-corrected chi connectivity index (χ1v) is 19.4. The summed E-state index contributed by atoms with van der Waals surface area (Å²) in [5.41, 5.74) is -0.699. The lowest BCUT2D eigenvalue weighted by Crippen LogP contribution is -2.59. The fraction of sp³-hybridized carbons (Fsp3) is 0.750. The second kappa shape index (κ2) is 22.0. The number of nitrogens with one attached hydrogen (secondary N) is 3. The van der Waals surface area contributed by atoms with Crippen LogP contribution >= 0.6 is 0 Å². The summed E-state index contributed by atoms with van der Waals surface area (Å²) in [6.07, 6.45) is -2.20. The van der Waals surface area contributed by atoms with E-state index in [1.807, 2.05) is 41.5 Å². The number of likely N-dealkylation sites (N-methyl/N-ethyl adjacent to an activating group) is 2. The number of likely N-dealkylation sites (tertiary alicyclic amines) is 1. The fourth-order valence-corrected chi connectivity index (χ4v) is 7.69. The van der Waals surface area contributed by atoms with Crippen molar-refractivity contribution in [3.05, 3.63) is 35.4 Å². The molecule has 2 unspecified atom stereocenters. The standard InChI is InChI=1S/C40H67F2N5O8/c1-14-23(6)35(46(10)40(52)34(22(4)5)45-39(51)33(43-9)21(2)3)30(54-12)19-31(48)47-20-26(53-11)18-29(47)37(55-13)24(7)38(50)44-25(8)36(49)32-27(41)16-15-17-28(32)42/h15-17,21-26,29-30,33-35,37-38,43-44,50H,14,18-20H2,1-13H3,(H,45,51)/t23-,24+,25+,26+,29?,30+,33-,34-,35-,37+,38?/m0/s1. The van der Waals surface area contributed by atoms with Gasteiger partial charge in [0.2, 0.25) is 17.7 Å². The van der Waals surface area contributed by atoms with E-state index in [0.29, 0.717) is 12.8 Å². The number of aliphatic hydroxyl groups excluding tert-OH is 1. The largest absolute Gasteiger partial charge is 0.380 e. The van der Waals surface area contributed by atoms with Gasteiger partial charge in [-0.2, -0.15) is 0 Å². The third kappa shape index (κ3) is 12.0. The van der Waals surface area contributed by atoms with E-state index in [2.05, 4.69) is 16.0 Å². The Morgan fingerprint density at radius 2 is 1.55 bits per heavy atom. The number of hydrogen-bond donors (Lipinski definition) is 4. The summed E-state index contributed by atoms with van der Waals surface area (Å²) in [5, 5.41) is 20.0. The van der Waals surface area contributed by atoms with Gasteiger partial charge in [-0.1, -0.05) is 61.0 Å². The van der Waals surface area contributed by atoms with Crippen molar-refractivity contribution in [2.24, 2.45) is 23.7 Å². The minimum Gasteiger partial charge on any atom is -0.380 e. The molecule has 13 nitrogen and oxygen atoms in total. The van der Waals surface area contributed by atoms with E-state index < -0.39 is 77.5 Å². The smallest absolute Gasteiger partial charge is 0.245 e. The highest BCUT2D eigenvalue weighted by molar-refractivity contribution is 6.00. The maximum absolute atomic E-state index is 14.4. The number of nitrogens with zero attached hydrogens (tertiary/aromatic N) is 2. The van der Waals surface area contributed by atoms with Gasteiger partial charge in [0.25, 0.3) is 0 Å². The lowest BCUT2D eigenvalue weighted by atomic mass is 9.89. The highest BCUT2D eigenvalue weighted by Crippen LogP contribution is 2.31. The van der Waals surface area contributed by atoms with Crippen LogP contribution in [0.3, 0.4) is 0 Å². The van der Waals surface area contributed by atoms with E-state index >= 15 is 0 Å². The molecule has 1 aromatic rings. The fourth-order valence-electron chi connectivity index (χ4n) is 7.69. The molecule has 0 radical (unpaired) electrons. The number of benzene rings is 1. The minimum absolute atomic E-state index is 0.000915. The molecule has 3 amide bonds. The molecule has 1 saturated heterocycles. The molecule has 15 heteroatoms. The Kier molecular flexibility index (Phi) is 19.2. The first kappa shape index (κ1) is 48.1. The van der Waals surface area contributed by atoms with Crippen molar-refractivity contribution in [1.29, 1.82) is 0 Å². The van der Waals surface area contributed by atoms with Crippen LogP contribution < -0.4 is 16.0 Å². The molecule has 1 aliphatic heterocycles. The number of carbonyl (C=O) groups excluding carboxylic acids is 4. The van der Waals surface area contributed by atoms with Gasteiger partial charge in [0.1, 0.15) is 23.9 Å². The SMILES string of the molecule is CC[C@H](C)[C@@H]([C@@H](CC(=O)N1C[C@H](OC)CC1[C@H](OC)[C@@H](C)C(O)N[C@H](C)C(=O)c1c(F)cccc1F)OC)N(C)C(=O)[C@@H](NC(=O)[C@@H](NC)C(C)C)C(C)C. The van der Waals surface area contributed by atoms with Gasteiger partial charge < -0.3 is 39.8 Å². The van der Waals surface area contributed by atoms with Crippen LogP contribution in [0.15, 0.2) is 18.2 Å². The molecule has 1 aliphatic rings. The van der Waals surface area contributed by atoms with E-state index in [1.165, 1.54) is 21.1 Å². The molecule has 314 valence electrons. The number of carbonyl (C=O) groups is 4. The van der Waals surface area contributed by atoms with Gasteiger partial charge >= 0.3 is 0 Å². The number of hydrogen-bond acceptors (Lipinski definition) is 10. The van der Waals surface area contributed by atoms with Gasteiger partial charge in [0.05, 0.1) is 54.5 Å². The third-order valence-electron chi connectivity index (χ3n) is 11.2. The van der Waals surface area contributed by atoms with Gasteiger partial charge in [-0.3, -0.25) is 24.5 Å². The third-order valence-corrected chi connectivity index (χ3v) is 11.2. The van der Waals surface area contributed by atoms with Gasteiger partial charge in [0, 0.05) is 40.8 Å². The Labute approximate surface area is 326 Å². The van der Waals surface area contributed by atoms with Crippen LogP contribution in [0.1, 0.15) is 85.0 Å². The zero-order valence-corrected chi connectivity index (χ0v) is 35.0. The molecule has 0 bridgehead atoms. The van der Waals surface area contributed by atoms with E-state index in [-0.39, 0.29) is 54.5 Å². The van der Waals surface area contributed by atoms with Crippen molar-refractivity contribution < 1.29 is 47.3 Å². The summed E-state index contributed by atoms with van der Waals surface area (Å²) >= 11 is 0. The molecule has 0 saturated carbocycles. The van der Waals surface area contributed by atoms with Crippen molar-refractivity contribution >= 4 is 23.5 Å². The molecule has 1 heterocycles. The molecule has 1 aromatic carbocycles. The van der Waals surface area contributed by atoms with Crippen LogP contribution in [-0.4, -0.2) is 135 Å². The van der Waals surface area contributed by atoms with Crippen LogP contribution in [0.2, 0.25) is 0 Å². The Bertz CT molecular complexity index is 1400. The Morgan fingerprint density at radius 3 is 2.02 bits per heavy atom. The first-order valence-electron chi connectivity index (χ1n) is 19.4. The number of Topliss-reactive ketones (excluding diaryl/α,β-unsaturated/α-hetero) is 1. The van der Waals surface area contributed by atoms with Crippen LogP contribution in [0, 0.1) is 35.3 Å². The van der Waals surface area contributed by atoms with Crippen molar-refractivity contribution in [1.82, 2.24) is 25.8 Å². The van der Waals surface area contributed by atoms with E-state index in [0.717, 1.165) is 18.2 Å². The highest BCUT2D eigenvalue weighted by Gasteiger charge is 2.46. The Hall–Kier alpha value is -3.08. The van der Waals surface area contributed by atoms with Crippen molar-refractivity contribution in [3.8, 4) is 0 Å². The number of amides is 3. The number of aliphatic hydroxyl groups is 1. The molecule has 0 spiro atoms. The van der Waals surface area contributed by atoms with Gasteiger partial charge in [-0.25, -0.2) is 8.78 Å². The molecule has 1 fully saturated rings. The van der Waals surface area contributed by atoms with Crippen LogP contribution in [0.5, 0.6) is 0 Å². The van der Waals surface area contributed by atoms with E-state index in [9.17, 15) is 33.1 Å². The second-order valence-electron chi connectivity index (χ2n) is 15.6. The first-order chi connectivity index (χ1) is 25.8. The summed E-state index contributed by atoms with van der Waals surface area (Å²) in [6, 6.07) is -0.402. The van der Waals surface area contributed by atoms with Crippen molar-refractivity contribution in [2.45, 2.75) is 129 Å². The topological polar surface area (TPSA) is 159 Å². The lowest BCUT2D eigenvalue weighted by molar-refractivity contribution is -0.147. The summed E-state index contributed by atoms with van der Waals surface area (Å²) in [5.74, 6) is -4.73. The van der Waals surface area contributed by atoms with E-state index in [1.54, 1.807) is 37.9 Å². The van der Waals surface area contributed by atoms with Crippen molar-refractivity contribution in [3.63, 3.8) is 0 Å². The molecule has 0 aromatic heterocycles. The average molecular weight is 784 g/mol. The predicted octanol–water partition coefficient (Wildman–Crippen LogP) is 3.37. The summed E-state index contributed by atoms with van der Waals surface area (Å²) in [7, 11) is 7.90. The zero-order valence-electron chi connectivity index (χ0n) is 35.0. The zero-order chi connectivity index (χ0) is 41.9. The number of ether oxygens (including phenoxy) is 3. The number of ketones is 1. The molecule has 2 rings (SSSR count). The van der Waals surface area contributed by atoms with Crippen LogP contribution in [0.25, 0.3) is 0 Å². The second-order valence-corrected chi connectivity index (χ2v) is 15.6. The number of rotatable bonds is 22. The van der Waals surface area contributed by atoms with Crippen molar-refractivity contribution in [2.75, 3.05) is 42.0 Å². The molecule has 55 heavy (non-hydrogen) atoms. The summed E-state index contributed by atoms with van der Waals surface area (Å²) < 4.78 is 46.3. The normalized spacial score (nSPS) is 21.0. The average Bonchev–Trinajstić information content (AvgIpc) is 3.57. The minimum atomic E-state index is -1.36. The number of halogens is 2. The highest BCUT2D eigenvalue weighted by atomic mass is 19.1. The Morgan fingerprint density at radius 1 is 0.964 bits per heavy atom. The van der Waals surface area contributed by atoms with Gasteiger partial charge in [-0.15, -0.1) is 0 Å². The maximum Gasteiger partial charge on any atom is 0.245 e. The van der Waals surface area contributed by atoms with Gasteiger partial charge in [0.15, 0.2) is 5.78 Å². The Balaban J connectivity index is 2.34. The van der Waals surface area contributed by atoms with Crippen LogP contribution in [-0.2, 0) is 28.6 Å². The monoisotopic (exact) mass is 783 g/mol. The molecular formula is C40H67F2N5O8. The summed E-state index contributed by atoms with van der Waals surface area (Å²) in [6.45, 7) is 14.9. The molecule has 4 N–H and O–H groups in total. The quantitative estimate of drug-likeness (QED) is 0.102. The van der Waals surface area contributed by atoms with Crippen LogP contribution in [0.4, 0.5) is 8.78 Å².